The lowest BCUT2D eigenvalue weighted by Gasteiger charge is -2.31. The number of hydrogen-bond donors (Lipinski definition) is 1. The van der Waals surface area contributed by atoms with E-state index in [9.17, 15) is 18.4 Å². The summed E-state index contributed by atoms with van der Waals surface area (Å²) < 4.78 is 37.6. The number of nitrogens with zero attached hydrogens (tertiary/aromatic N) is 1. The van der Waals surface area contributed by atoms with Gasteiger partial charge in [-0.3, -0.25) is 14.5 Å². The third kappa shape index (κ3) is 7.17. The molecule has 0 atom stereocenters. The maximum Gasteiger partial charge on any atom is 0.258 e. The fraction of sp³-hybridized carbons (Fsp3) is 0.391. The molecule has 1 aliphatic rings. The number of hydrogen-bond acceptors (Lipinski definition) is 5. The smallest absolute Gasteiger partial charge is 0.258 e. The van der Waals surface area contributed by atoms with Crippen LogP contribution in [0.15, 0.2) is 36.4 Å². The van der Waals surface area contributed by atoms with E-state index in [0.717, 1.165) is 6.07 Å². The Morgan fingerprint density at radius 2 is 1.66 bits per heavy atom. The van der Waals surface area contributed by atoms with Crippen molar-refractivity contribution in [2.24, 2.45) is 0 Å². The van der Waals surface area contributed by atoms with Crippen LogP contribution in [-0.2, 0) is 9.59 Å². The molecule has 0 saturated carbocycles. The second-order valence-corrected chi connectivity index (χ2v) is 8.13. The zero-order valence-corrected chi connectivity index (χ0v) is 18.5. The predicted molar refractivity (Wildman–Crippen MR) is 116 cm³/mol. The highest BCUT2D eigenvalue weighted by Crippen LogP contribution is 2.20. The number of nitrogens with one attached hydrogen (secondary N) is 1. The Balaban J connectivity index is 1.33. The number of piperidine rings is 1. The zero-order chi connectivity index (χ0) is 23.1. The van der Waals surface area contributed by atoms with Crippen molar-refractivity contribution in [2.45, 2.75) is 25.8 Å². The highest BCUT2D eigenvalue weighted by Gasteiger charge is 2.22. The summed E-state index contributed by atoms with van der Waals surface area (Å²) in [6, 6.07) is 8.47. The van der Waals surface area contributed by atoms with Gasteiger partial charge in [0.25, 0.3) is 5.91 Å². The summed E-state index contributed by atoms with van der Waals surface area (Å²) in [4.78, 5) is 26.3. The average molecular weight is 467 g/mol. The maximum absolute atomic E-state index is 13.5. The van der Waals surface area contributed by atoms with Gasteiger partial charge in [-0.05, 0) is 43.5 Å². The van der Waals surface area contributed by atoms with E-state index in [1.165, 1.54) is 18.2 Å². The molecule has 9 heteroatoms. The van der Waals surface area contributed by atoms with E-state index in [1.807, 2.05) is 4.90 Å². The Hall–Kier alpha value is -2.71. The first-order valence-electron chi connectivity index (χ1n) is 10.3. The molecule has 1 aliphatic heterocycles. The van der Waals surface area contributed by atoms with Crippen molar-refractivity contribution in [3.05, 3.63) is 58.6 Å². The highest BCUT2D eigenvalue weighted by atomic mass is 35.5. The molecule has 1 N–H and O–H groups in total. The fourth-order valence-corrected chi connectivity index (χ4v) is 3.46. The first kappa shape index (κ1) is 23.9. The minimum atomic E-state index is -0.608. The molecule has 0 bridgehead atoms. The van der Waals surface area contributed by atoms with Gasteiger partial charge in [0, 0.05) is 31.3 Å². The summed E-state index contributed by atoms with van der Waals surface area (Å²) in [5, 5.41) is 2.88. The summed E-state index contributed by atoms with van der Waals surface area (Å²) in [7, 11) is 0. The molecule has 6 nitrogen and oxygen atoms in total. The van der Waals surface area contributed by atoms with E-state index in [1.54, 1.807) is 19.1 Å². The number of halogens is 3. The largest absolute Gasteiger partial charge is 0.486 e. The number of carbonyl (C=O) groups is 2. The van der Waals surface area contributed by atoms with Crippen LogP contribution in [0.2, 0.25) is 5.02 Å². The van der Waals surface area contributed by atoms with Crippen LogP contribution in [0.4, 0.5) is 8.78 Å². The third-order valence-electron chi connectivity index (χ3n) is 5.16. The molecule has 32 heavy (non-hydrogen) atoms. The zero-order valence-electron chi connectivity index (χ0n) is 17.7. The monoisotopic (exact) mass is 466 g/mol. The van der Waals surface area contributed by atoms with Crippen LogP contribution in [0.25, 0.3) is 0 Å². The fourth-order valence-electron chi connectivity index (χ4n) is 3.34. The van der Waals surface area contributed by atoms with E-state index in [2.05, 4.69) is 5.32 Å². The summed E-state index contributed by atoms with van der Waals surface area (Å²) in [6.07, 6.45) is 1.39. The summed E-state index contributed by atoms with van der Waals surface area (Å²) in [6.45, 7) is 2.85. The van der Waals surface area contributed by atoms with Gasteiger partial charge >= 0.3 is 0 Å². The van der Waals surface area contributed by atoms with E-state index in [4.69, 9.17) is 21.1 Å². The van der Waals surface area contributed by atoms with Crippen LogP contribution in [0.5, 0.6) is 11.5 Å². The second kappa shape index (κ2) is 11.2. The molecule has 3 rings (SSSR count). The minimum absolute atomic E-state index is 0.0114. The number of aryl methyl sites for hydroxylation is 1. The van der Waals surface area contributed by atoms with Gasteiger partial charge in [-0.1, -0.05) is 17.7 Å². The van der Waals surface area contributed by atoms with Crippen LogP contribution in [0.3, 0.4) is 0 Å². The number of benzene rings is 2. The Labute approximate surface area is 190 Å². The van der Waals surface area contributed by atoms with E-state index < -0.39 is 5.82 Å². The number of ketones is 1. The normalized spacial score (nSPS) is 14.8. The SMILES string of the molecule is Cc1ccc(OCC(=O)CN2CCC(NC(=O)COc3ccc(Cl)c(F)c3)CC2)cc1F. The Morgan fingerprint density at radius 1 is 1.03 bits per heavy atom. The van der Waals surface area contributed by atoms with Gasteiger partial charge in [0.05, 0.1) is 11.6 Å². The van der Waals surface area contributed by atoms with Crippen molar-refractivity contribution in [3.8, 4) is 11.5 Å². The number of amides is 1. The van der Waals surface area contributed by atoms with Gasteiger partial charge in [0.15, 0.2) is 12.4 Å². The molecule has 172 valence electrons. The second-order valence-electron chi connectivity index (χ2n) is 7.72. The quantitative estimate of drug-likeness (QED) is 0.612. The third-order valence-corrected chi connectivity index (χ3v) is 5.46. The number of Topliss-reactive ketones (excluding diaryl/α,β-unsaturated/α-hetero) is 1. The van der Waals surface area contributed by atoms with Crippen LogP contribution in [0, 0.1) is 18.6 Å². The molecule has 1 heterocycles. The number of ether oxygens (including phenoxy) is 2. The van der Waals surface area contributed by atoms with Gasteiger partial charge in [0.2, 0.25) is 0 Å². The number of carbonyl (C=O) groups excluding carboxylic acids is 2. The lowest BCUT2D eigenvalue weighted by atomic mass is 10.0. The lowest BCUT2D eigenvalue weighted by molar-refractivity contribution is -0.125. The topological polar surface area (TPSA) is 67.9 Å². The van der Waals surface area contributed by atoms with Crippen molar-refractivity contribution < 1.29 is 27.8 Å². The molecule has 1 fully saturated rings. The Morgan fingerprint density at radius 3 is 2.31 bits per heavy atom. The van der Waals surface area contributed by atoms with Crippen molar-refractivity contribution in [3.63, 3.8) is 0 Å². The molecule has 1 amide bonds. The molecule has 0 unspecified atom stereocenters. The molecule has 0 aliphatic carbocycles. The Bertz CT molecular complexity index is 888. The van der Waals surface area contributed by atoms with E-state index in [-0.39, 0.29) is 54.1 Å². The lowest BCUT2D eigenvalue weighted by Crippen LogP contribution is -2.47. The molecular formula is C23H25ClF2N2O4. The van der Waals surface area contributed by atoms with Crippen molar-refractivity contribution >= 4 is 23.3 Å². The summed E-state index contributed by atoms with van der Waals surface area (Å²) >= 11 is 5.62. The van der Waals surface area contributed by atoms with Crippen LogP contribution in [-0.4, -0.2) is 55.5 Å². The molecule has 1 saturated heterocycles. The summed E-state index contributed by atoms with van der Waals surface area (Å²) in [5.41, 5.74) is 0.518. The average Bonchev–Trinajstić information content (AvgIpc) is 2.77. The van der Waals surface area contributed by atoms with Gasteiger partial charge in [-0.25, -0.2) is 8.78 Å². The van der Waals surface area contributed by atoms with Crippen molar-refractivity contribution in [2.75, 3.05) is 32.8 Å². The standard InChI is InChI=1S/C23H25ClF2N2O4/c1-15-2-3-18(10-21(15)25)31-13-17(29)12-28-8-6-16(7-9-28)27-23(30)14-32-19-4-5-20(24)22(26)11-19/h2-5,10-11,16H,6-9,12-14H2,1H3,(H,27,30). The first-order chi connectivity index (χ1) is 15.3. The van der Waals surface area contributed by atoms with Crippen LogP contribution >= 0.6 is 11.6 Å². The van der Waals surface area contributed by atoms with Crippen molar-refractivity contribution in [1.29, 1.82) is 0 Å². The van der Waals surface area contributed by atoms with E-state index >= 15 is 0 Å². The molecule has 2 aromatic carbocycles. The molecular weight excluding hydrogens is 442 g/mol. The van der Waals surface area contributed by atoms with Crippen molar-refractivity contribution in [1.82, 2.24) is 10.2 Å². The van der Waals surface area contributed by atoms with Gasteiger partial charge in [-0.2, -0.15) is 0 Å². The molecule has 0 aromatic heterocycles. The Kier molecular flexibility index (Phi) is 8.41. The van der Waals surface area contributed by atoms with Crippen LogP contribution in [0.1, 0.15) is 18.4 Å². The summed E-state index contributed by atoms with van der Waals surface area (Å²) in [5.74, 6) is -0.823. The predicted octanol–water partition coefficient (Wildman–Crippen LogP) is 3.53. The van der Waals surface area contributed by atoms with Gasteiger partial charge < -0.3 is 14.8 Å². The van der Waals surface area contributed by atoms with Gasteiger partial charge in [-0.15, -0.1) is 0 Å². The minimum Gasteiger partial charge on any atom is -0.486 e. The van der Waals surface area contributed by atoms with E-state index in [0.29, 0.717) is 37.2 Å². The maximum atomic E-state index is 13.5. The van der Waals surface area contributed by atoms with Crippen LogP contribution < -0.4 is 14.8 Å². The molecule has 0 radical (unpaired) electrons. The van der Waals surface area contributed by atoms with Gasteiger partial charge in [0.1, 0.15) is 29.7 Å². The first-order valence-corrected chi connectivity index (χ1v) is 10.7. The number of likely N-dealkylation sites (tertiary alicyclic amines) is 1. The highest BCUT2D eigenvalue weighted by molar-refractivity contribution is 6.30. The molecule has 0 spiro atoms. The number of rotatable bonds is 9. The molecule has 2 aromatic rings.